The van der Waals surface area contributed by atoms with Gasteiger partial charge in [0.25, 0.3) is 0 Å². The Morgan fingerprint density at radius 2 is 1.80 bits per heavy atom. The largest absolute Gasteiger partial charge is 0.466 e. The van der Waals surface area contributed by atoms with E-state index >= 15 is 0 Å². The number of carbonyl (C=O) groups is 2. The van der Waals surface area contributed by atoms with Gasteiger partial charge < -0.3 is 20.3 Å². The lowest BCUT2D eigenvalue weighted by Crippen LogP contribution is -2.44. The molecule has 0 aromatic rings. The van der Waals surface area contributed by atoms with Gasteiger partial charge in [-0.3, -0.25) is 9.59 Å². The van der Waals surface area contributed by atoms with Gasteiger partial charge in [0, 0.05) is 0 Å². The standard InChI is InChI=1S/C9H17NO5/c1-3-14-7(12)5-6(11)8(10)9(13)15-4-2/h6,8,11H,3-5,10H2,1-2H3/t6?,8-/m0/s1. The molecule has 0 amide bonds. The van der Waals surface area contributed by atoms with Crippen molar-refractivity contribution >= 4 is 11.9 Å². The molecule has 0 radical (unpaired) electrons. The zero-order chi connectivity index (χ0) is 11.8. The quantitative estimate of drug-likeness (QED) is 0.567. The van der Waals surface area contributed by atoms with Crippen molar-refractivity contribution in [2.45, 2.75) is 32.4 Å². The molecule has 6 heteroatoms. The third-order valence-electron chi connectivity index (χ3n) is 1.65. The lowest BCUT2D eigenvalue weighted by atomic mass is 10.1. The zero-order valence-electron chi connectivity index (χ0n) is 8.93. The van der Waals surface area contributed by atoms with Crippen molar-refractivity contribution in [2.24, 2.45) is 5.73 Å². The fourth-order valence-corrected chi connectivity index (χ4v) is 0.913. The first kappa shape index (κ1) is 13.9. The van der Waals surface area contributed by atoms with Crippen LogP contribution in [0.1, 0.15) is 20.3 Å². The summed E-state index contributed by atoms with van der Waals surface area (Å²) in [6.45, 7) is 3.68. The zero-order valence-corrected chi connectivity index (χ0v) is 8.93. The van der Waals surface area contributed by atoms with Crippen molar-refractivity contribution in [3.8, 4) is 0 Å². The van der Waals surface area contributed by atoms with Gasteiger partial charge in [-0.2, -0.15) is 0 Å². The minimum Gasteiger partial charge on any atom is -0.466 e. The summed E-state index contributed by atoms with van der Waals surface area (Å²) in [5.41, 5.74) is 5.36. The second kappa shape index (κ2) is 7.19. The van der Waals surface area contributed by atoms with Crippen LogP contribution in [0.5, 0.6) is 0 Å². The Hall–Kier alpha value is -1.14. The number of hydrogen-bond donors (Lipinski definition) is 2. The van der Waals surface area contributed by atoms with Crippen molar-refractivity contribution in [2.75, 3.05) is 13.2 Å². The van der Waals surface area contributed by atoms with Crippen LogP contribution in [-0.2, 0) is 19.1 Å². The summed E-state index contributed by atoms with van der Waals surface area (Å²) in [6, 6.07) is -1.21. The number of hydrogen-bond acceptors (Lipinski definition) is 6. The van der Waals surface area contributed by atoms with Gasteiger partial charge in [-0.1, -0.05) is 0 Å². The monoisotopic (exact) mass is 219 g/mol. The Morgan fingerprint density at radius 1 is 1.27 bits per heavy atom. The number of esters is 2. The second-order valence-electron chi connectivity index (χ2n) is 2.85. The van der Waals surface area contributed by atoms with Crippen LogP contribution in [0.25, 0.3) is 0 Å². The number of aliphatic hydroxyl groups is 1. The first-order chi connectivity index (χ1) is 7.02. The van der Waals surface area contributed by atoms with Gasteiger partial charge in [0.15, 0.2) is 0 Å². The van der Waals surface area contributed by atoms with Crippen LogP contribution in [0.4, 0.5) is 0 Å². The highest BCUT2D eigenvalue weighted by Gasteiger charge is 2.26. The maximum Gasteiger partial charge on any atom is 0.325 e. The molecule has 0 fully saturated rings. The van der Waals surface area contributed by atoms with Gasteiger partial charge in [-0.15, -0.1) is 0 Å². The van der Waals surface area contributed by atoms with Crippen molar-refractivity contribution in [1.29, 1.82) is 0 Å². The van der Waals surface area contributed by atoms with Gasteiger partial charge in [-0.25, -0.2) is 0 Å². The molecule has 15 heavy (non-hydrogen) atoms. The molecule has 88 valence electrons. The highest BCUT2D eigenvalue weighted by atomic mass is 16.5. The Balaban J connectivity index is 4.02. The predicted octanol–water partition coefficient (Wildman–Crippen LogP) is -0.809. The molecule has 2 atom stereocenters. The summed E-state index contributed by atoms with van der Waals surface area (Å²) in [5.74, 6) is -1.32. The van der Waals surface area contributed by atoms with Crippen LogP contribution in [0.15, 0.2) is 0 Å². The summed E-state index contributed by atoms with van der Waals surface area (Å²) in [5, 5.41) is 9.39. The van der Waals surface area contributed by atoms with Crippen molar-refractivity contribution in [3.05, 3.63) is 0 Å². The van der Waals surface area contributed by atoms with Gasteiger partial charge >= 0.3 is 11.9 Å². The van der Waals surface area contributed by atoms with E-state index in [1.165, 1.54) is 0 Å². The molecule has 0 saturated carbocycles. The topological polar surface area (TPSA) is 98.9 Å². The normalized spacial score (nSPS) is 14.1. The molecule has 0 heterocycles. The molecule has 0 bridgehead atoms. The van der Waals surface area contributed by atoms with Gasteiger partial charge in [0.1, 0.15) is 6.04 Å². The molecule has 0 aliphatic rings. The molecule has 0 rings (SSSR count). The molecular formula is C9H17NO5. The van der Waals surface area contributed by atoms with Crippen LogP contribution in [0.2, 0.25) is 0 Å². The average molecular weight is 219 g/mol. The molecule has 1 unspecified atom stereocenters. The van der Waals surface area contributed by atoms with Crippen LogP contribution >= 0.6 is 0 Å². The van der Waals surface area contributed by atoms with Gasteiger partial charge in [0.2, 0.25) is 0 Å². The Labute approximate surface area is 88.3 Å². The van der Waals surface area contributed by atoms with E-state index in [2.05, 4.69) is 9.47 Å². The van der Waals surface area contributed by atoms with E-state index in [0.717, 1.165) is 0 Å². The molecule has 0 aliphatic carbocycles. The van der Waals surface area contributed by atoms with Crippen LogP contribution in [0.3, 0.4) is 0 Å². The van der Waals surface area contributed by atoms with E-state index < -0.39 is 24.1 Å². The van der Waals surface area contributed by atoms with E-state index in [0.29, 0.717) is 0 Å². The van der Waals surface area contributed by atoms with E-state index in [-0.39, 0.29) is 19.6 Å². The SMILES string of the molecule is CCOC(=O)CC(O)[C@H](N)C(=O)OCC. The number of rotatable bonds is 6. The highest BCUT2D eigenvalue weighted by Crippen LogP contribution is 2.01. The van der Waals surface area contributed by atoms with E-state index in [1.54, 1.807) is 13.8 Å². The summed E-state index contributed by atoms with van der Waals surface area (Å²) >= 11 is 0. The smallest absolute Gasteiger partial charge is 0.325 e. The van der Waals surface area contributed by atoms with E-state index in [1.807, 2.05) is 0 Å². The Kier molecular flexibility index (Phi) is 6.64. The lowest BCUT2D eigenvalue weighted by molar-refractivity contribution is -0.150. The van der Waals surface area contributed by atoms with Crippen LogP contribution in [-0.4, -0.2) is 42.4 Å². The molecule has 3 N–H and O–H groups in total. The first-order valence-corrected chi connectivity index (χ1v) is 4.78. The summed E-state index contributed by atoms with van der Waals surface area (Å²) < 4.78 is 9.19. The molecule has 0 aliphatic heterocycles. The third-order valence-corrected chi connectivity index (χ3v) is 1.65. The number of carbonyl (C=O) groups excluding carboxylic acids is 2. The predicted molar refractivity (Wildman–Crippen MR) is 51.9 cm³/mol. The maximum absolute atomic E-state index is 11.1. The molecule has 0 aromatic carbocycles. The van der Waals surface area contributed by atoms with Crippen molar-refractivity contribution < 1.29 is 24.2 Å². The van der Waals surface area contributed by atoms with Crippen LogP contribution < -0.4 is 5.73 Å². The van der Waals surface area contributed by atoms with Gasteiger partial charge in [0.05, 0.1) is 25.7 Å². The van der Waals surface area contributed by atoms with E-state index in [9.17, 15) is 14.7 Å². The molecule has 0 aromatic heterocycles. The molecular weight excluding hydrogens is 202 g/mol. The van der Waals surface area contributed by atoms with Crippen LogP contribution in [0, 0.1) is 0 Å². The maximum atomic E-state index is 11.1. The second-order valence-corrected chi connectivity index (χ2v) is 2.85. The molecule has 0 saturated heterocycles. The highest BCUT2D eigenvalue weighted by molar-refractivity contribution is 5.78. The minimum absolute atomic E-state index is 0.179. The van der Waals surface area contributed by atoms with Gasteiger partial charge in [-0.05, 0) is 13.8 Å². The Morgan fingerprint density at radius 3 is 2.27 bits per heavy atom. The lowest BCUT2D eigenvalue weighted by Gasteiger charge is -2.16. The number of aliphatic hydroxyl groups excluding tert-OH is 1. The third kappa shape index (κ3) is 5.34. The van der Waals surface area contributed by atoms with Crippen molar-refractivity contribution in [1.82, 2.24) is 0 Å². The molecule has 6 nitrogen and oxygen atoms in total. The summed E-state index contributed by atoms with van der Waals surface area (Å²) in [7, 11) is 0. The van der Waals surface area contributed by atoms with E-state index in [4.69, 9.17) is 5.73 Å². The number of ether oxygens (including phenoxy) is 2. The summed E-state index contributed by atoms with van der Waals surface area (Å²) in [4.78, 5) is 22.0. The van der Waals surface area contributed by atoms with Crippen molar-refractivity contribution in [3.63, 3.8) is 0 Å². The fourth-order valence-electron chi connectivity index (χ4n) is 0.913. The first-order valence-electron chi connectivity index (χ1n) is 4.78. The number of nitrogens with two attached hydrogens (primary N) is 1. The Bertz CT molecular complexity index is 219. The minimum atomic E-state index is -1.27. The molecule has 0 spiro atoms. The average Bonchev–Trinajstić information content (AvgIpc) is 2.17. The fraction of sp³-hybridized carbons (Fsp3) is 0.778. The summed E-state index contributed by atoms with van der Waals surface area (Å²) in [6.07, 6.45) is -1.59.